The number of carboxylic acids is 1. The predicted molar refractivity (Wildman–Crippen MR) is 81.4 cm³/mol. The number of nitrogens with zero attached hydrogens (tertiary/aromatic N) is 1. The summed E-state index contributed by atoms with van der Waals surface area (Å²) in [5.74, 6) is 0.337. The number of hydrogen-bond donors (Lipinski definition) is 1. The van der Waals surface area contributed by atoms with Gasteiger partial charge in [-0.15, -0.1) is 0 Å². The smallest absolute Gasteiger partial charge is 0.303 e. The van der Waals surface area contributed by atoms with E-state index in [1.807, 2.05) is 6.07 Å². The maximum atomic E-state index is 10.7. The molecule has 4 nitrogen and oxygen atoms in total. The number of benzene rings is 1. The van der Waals surface area contributed by atoms with Crippen molar-refractivity contribution in [1.29, 1.82) is 0 Å². The van der Waals surface area contributed by atoms with Crippen molar-refractivity contribution >= 4 is 33.5 Å². The van der Waals surface area contributed by atoms with Crippen molar-refractivity contribution in [2.45, 2.75) is 12.8 Å². The lowest BCUT2D eigenvalue weighted by molar-refractivity contribution is -0.138. The van der Waals surface area contributed by atoms with Crippen molar-refractivity contribution in [3.63, 3.8) is 0 Å². The molecule has 110 valence electrons. The van der Waals surface area contributed by atoms with E-state index in [4.69, 9.17) is 21.4 Å². The highest BCUT2D eigenvalue weighted by Crippen LogP contribution is 2.28. The zero-order chi connectivity index (χ0) is 14.5. The molecule has 0 aliphatic carbocycles. The maximum Gasteiger partial charge on any atom is 0.303 e. The first-order valence-electron chi connectivity index (χ1n) is 6.56. The van der Waals surface area contributed by atoms with Crippen LogP contribution in [-0.4, -0.2) is 42.2 Å². The third-order valence-electron chi connectivity index (χ3n) is 3.39. The highest BCUT2D eigenvalue weighted by molar-refractivity contribution is 9.10. The standard InChI is InChI=1S/C14H17BrClNO3/c15-12-8-11(16)1-2-13(12)20-6-5-17-4-3-10(9-17)7-14(18)19/h1-2,8,10H,3-7,9H2,(H,18,19). The number of carbonyl (C=O) groups is 1. The van der Waals surface area contributed by atoms with Gasteiger partial charge in [-0.1, -0.05) is 11.6 Å². The molecule has 0 spiro atoms. The van der Waals surface area contributed by atoms with Gasteiger partial charge < -0.3 is 9.84 Å². The van der Waals surface area contributed by atoms with Crippen molar-refractivity contribution < 1.29 is 14.6 Å². The largest absolute Gasteiger partial charge is 0.491 e. The Morgan fingerprint density at radius 1 is 1.55 bits per heavy atom. The molecule has 1 aliphatic rings. The average Bonchev–Trinajstić information content (AvgIpc) is 2.79. The molecule has 1 heterocycles. The lowest BCUT2D eigenvalue weighted by atomic mass is 10.1. The van der Waals surface area contributed by atoms with E-state index in [1.54, 1.807) is 12.1 Å². The maximum absolute atomic E-state index is 10.7. The Balaban J connectivity index is 1.72. The topological polar surface area (TPSA) is 49.8 Å². The molecule has 0 aromatic heterocycles. The molecular weight excluding hydrogens is 346 g/mol. The van der Waals surface area contributed by atoms with Crippen LogP contribution in [0.2, 0.25) is 5.02 Å². The lowest BCUT2D eigenvalue weighted by Gasteiger charge is -2.16. The third-order valence-corrected chi connectivity index (χ3v) is 4.25. The van der Waals surface area contributed by atoms with Crippen LogP contribution in [0.25, 0.3) is 0 Å². The predicted octanol–water partition coefficient (Wildman–Crippen LogP) is 3.28. The van der Waals surface area contributed by atoms with E-state index in [0.29, 0.717) is 11.6 Å². The molecule has 20 heavy (non-hydrogen) atoms. The molecule has 0 saturated carbocycles. The monoisotopic (exact) mass is 361 g/mol. The highest BCUT2D eigenvalue weighted by Gasteiger charge is 2.24. The molecule has 2 rings (SSSR count). The van der Waals surface area contributed by atoms with Crippen molar-refractivity contribution in [3.05, 3.63) is 27.7 Å². The fourth-order valence-corrected chi connectivity index (χ4v) is 3.20. The summed E-state index contributed by atoms with van der Waals surface area (Å²) in [6.45, 7) is 3.19. The van der Waals surface area contributed by atoms with Crippen LogP contribution in [-0.2, 0) is 4.79 Å². The summed E-state index contributed by atoms with van der Waals surface area (Å²) in [7, 11) is 0. The van der Waals surface area contributed by atoms with Gasteiger partial charge in [0.05, 0.1) is 4.47 Å². The zero-order valence-corrected chi connectivity index (χ0v) is 13.4. The van der Waals surface area contributed by atoms with E-state index >= 15 is 0 Å². The lowest BCUT2D eigenvalue weighted by Crippen LogP contribution is -2.26. The average molecular weight is 363 g/mol. The number of ether oxygens (including phenoxy) is 1. The molecule has 1 fully saturated rings. The number of halogens is 2. The molecule has 0 amide bonds. The molecular formula is C14H17BrClNO3. The summed E-state index contributed by atoms with van der Waals surface area (Å²) >= 11 is 9.28. The first-order chi connectivity index (χ1) is 9.54. The second-order valence-corrected chi connectivity index (χ2v) is 6.27. The number of likely N-dealkylation sites (tertiary alicyclic amines) is 1. The minimum Gasteiger partial charge on any atom is -0.491 e. The fourth-order valence-electron chi connectivity index (χ4n) is 2.41. The van der Waals surface area contributed by atoms with Crippen molar-refractivity contribution in [2.75, 3.05) is 26.2 Å². The van der Waals surface area contributed by atoms with E-state index in [-0.39, 0.29) is 12.3 Å². The number of rotatable bonds is 6. The van der Waals surface area contributed by atoms with E-state index in [1.165, 1.54) is 0 Å². The van der Waals surface area contributed by atoms with Crippen LogP contribution in [0.15, 0.2) is 22.7 Å². The molecule has 1 aliphatic heterocycles. The van der Waals surface area contributed by atoms with Gasteiger partial charge in [-0.25, -0.2) is 0 Å². The summed E-state index contributed by atoms with van der Waals surface area (Å²) in [4.78, 5) is 12.9. The molecule has 1 N–H and O–H groups in total. The molecule has 0 radical (unpaired) electrons. The molecule has 1 unspecified atom stereocenters. The minimum absolute atomic E-state index is 0.264. The molecule has 1 saturated heterocycles. The van der Waals surface area contributed by atoms with Crippen LogP contribution in [0.5, 0.6) is 5.75 Å². The summed E-state index contributed by atoms with van der Waals surface area (Å²) in [6, 6.07) is 5.43. The Morgan fingerprint density at radius 3 is 3.05 bits per heavy atom. The van der Waals surface area contributed by atoms with E-state index < -0.39 is 5.97 Å². The summed E-state index contributed by atoms with van der Waals surface area (Å²) < 4.78 is 6.55. The first-order valence-corrected chi connectivity index (χ1v) is 7.73. The van der Waals surface area contributed by atoms with Crippen LogP contribution in [0.4, 0.5) is 0 Å². The minimum atomic E-state index is -0.710. The van der Waals surface area contributed by atoms with E-state index in [9.17, 15) is 4.79 Å². The molecule has 0 bridgehead atoms. The molecule has 1 aromatic rings. The van der Waals surface area contributed by atoms with Gasteiger partial charge in [0.2, 0.25) is 0 Å². The highest BCUT2D eigenvalue weighted by atomic mass is 79.9. The Morgan fingerprint density at radius 2 is 2.35 bits per heavy atom. The van der Waals surface area contributed by atoms with E-state index in [0.717, 1.165) is 36.3 Å². The van der Waals surface area contributed by atoms with Gasteiger partial charge >= 0.3 is 5.97 Å². The van der Waals surface area contributed by atoms with Gasteiger partial charge in [-0.3, -0.25) is 9.69 Å². The van der Waals surface area contributed by atoms with Gasteiger partial charge in [0.15, 0.2) is 0 Å². The summed E-state index contributed by atoms with van der Waals surface area (Å²) in [5, 5.41) is 9.45. The van der Waals surface area contributed by atoms with E-state index in [2.05, 4.69) is 20.8 Å². The van der Waals surface area contributed by atoms with Gasteiger partial charge in [0.1, 0.15) is 12.4 Å². The molecule has 1 aromatic carbocycles. The summed E-state index contributed by atoms with van der Waals surface area (Å²) in [5.41, 5.74) is 0. The molecule has 1 atom stereocenters. The first kappa shape index (κ1) is 15.6. The van der Waals surface area contributed by atoms with Gasteiger partial charge in [-0.2, -0.15) is 0 Å². The zero-order valence-electron chi connectivity index (χ0n) is 11.0. The van der Waals surface area contributed by atoms with Crippen LogP contribution >= 0.6 is 27.5 Å². The second kappa shape index (κ2) is 7.29. The Bertz CT molecular complexity index is 483. The quantitative estimate of drug-likeness (QED) is 0.844. The Labute approximate surface area is 131 Å². The normalized spacial score (nSPS) is 19.2. The van der Waals surface area contributed by atoms with Crippen LogP contribution in [0.3, 0.4) is 0 Å². The Hall–Kier alpha value is -0.780. The SMILES string of the molecule is O=C(O)CC1CCN(CCOc2ccc(Cl)cc2Br)C1. The van der Waals surface area contributed by atoms with Crippen molar-refractivity contribution in [1.82, 2.24) is 4.90 Å². The van der Waals surface area contributed by atoms with Crippen LogP contribution in [0.1, 0.15) is 12.8 Å². The van der Waals surface area contributed by atoms with Crippen LogP contribution < -0.4 is 4.74 Å². The van der Waals surface area contributed by atoms with Gasteiger partial charge in [-0.05, 0) is 53.0 Å². The molecule has 6 heteroatoms. The van der Waals surface area contributed by atoms with Crippen molar-refractivity contribution in [3.8, 4) is 5.75 Å². The summed E-state index contributed by atoms with van der Waals surface area (Å²) in [6.07, 6.45) is 1.22. The van der Waals surface area contributed by atoms with Crippen LogP contribution in [0, 0.1) is 5.92 Å². The van der Waals surface area contributed by atoms with Gasteiger partial charge in [0.25, 0.3) is 0 Å². The number of aliphatic carboxylic acids is 1. The second-order valence-electron chi connectivity index (χ2n) is 4.98. The number of carboxylic acid groups (broad SMARTS) is 1. The Kier molecular flexibility index (Phi) is 5.69. The third kappa shape index (κ3) is 4.65. The number of hydrogen-bond acceptors (Lipinski definition) is 3. The van der Waals surface area contributed by atoms with Gasteiger partial charge in [0, 0.05) is 24.5 Å². The van der Waals surface area contributed by atoms with Crippen molar-refractivity contribution in [2.24, 2.45) is 5.92 Å². The fraction of sp³-hybridized carbons (Fsp3) is 0.500.